The molecule has 0 saturated heterocycles. The molecule has 0 aliphatic carbocycles. The molecule has 0 amide bonds. The van der Waals surface area contributed by atoms with Crippen LogP contribution in [-0.2, 0) is 17.6 Å². The van der Waals surface area contributed by atoms with Crippen LogP contribution in [0.15, 0.2) is 42.7 Å². The lowest BCUT2D eigenvalue weighted by Gasteiger charge is -2.24. The van der Waals surface area contributed by atoms with Crippen LogP contribution in [0.1, 0.15) is 43.4 Å². The number of anilines is 2. The van der Waals surface area contributed by atoms with Gasteiger partial charge in [0.05, 0.1) is 5.52 Å². The van der Waals surface area contributed by atoms with Crippen molar-refractivity contribution in [3.05, 3.63) is 54.0 Å². The Kier molecular flexibility index (Phi) is 9.53. The number of alkyl halides is 2. The van der Waals surface area contributed by atoms with Crippen molar-refractivity contribution in [1.82, 2.24) is 19.9 Å². The topological polar surface area (TPSA) is 103 Å². The highest BCUT2D eigenvalue weighted by Crippen LogP contribution is 2.21. The number of aryl methyl sites for hydroxylation is 2. The molecule has 1 aliphatic rings. The monoisotopic (exact) mass is 512 g/mol. The quantitative estimate of drug-likeness (QED) is 0.269. The molecule has 10 heteroatoms. The maximum atomic E-state index is 12.9. The zero-order chi connectivity index (χ0) is 26.0. The van der Waals surface area contributed by atoms with Gasteiger partial charge in [0.25, 0.3) is 0 Å². The SMILES string of the molecule is O=C(O)C(CCN(CCCCc1ccc2c(n1)NCCC2)CCC(F)F)Nc1ncnc2ccccc12. The van der Waals surface area contributed by atoms with Crippen molar-refractivity contribution in [3.8, 4) is 0 Å². The second-order valence-electron chi connectivity index (χ2n) is 9.38. The first-order valence-corrected chi connectivity index (χ1v) is 12.9. The highest BCUT2D eigenvalue weighted by molar-refractivity contribution is 5.90. The highest BCUT2D eigenvalue weighted by atomic mass is 19.3. The van der Waals surface area contributed by atoms with E-state index in [1.807, 2.05) is 29.2 Å². The van der Waals surface area contributed by atoms with E-state index in [1.54, 1.807) is 0 Å². The number of carbonyl (C=O) groups is 1. The maximum absolute atomic E-state index is 12.9. The number of para-hydroxylation sites is 1. The van der Waals surface area contributed by atoms with Crippen molar-refractivity contribution < 1.29 is 18.7 Å². The number of aliphatic carboxylic acids is 1. The number of carboxylic acid groups (broad SMARTS) is 1. The van der Waals surface area contributed by atoms with Crippen molar-refractivity contribution in [2.45, 2.75) is 57.4 Å². The van der Waals surface area contributed by atoms with Crippen molar-refractivity contribution >= 4 is 28.5 Å². The fraction of sp³-hybridized carbons (Fsp3) is 0.481. The van der Waals surface area contributed by atoms with Crippen LogP contribution in [0, 0.1) is 0 Å². The number of halogens is 2. The zero-order valence-corrected chi connectivity index (χ0v) is 20.9. The average Bonchev–Trinajstić information content (AvgIpc) is 2.91. The Balaban J connectivity index is 1.31. The molecule has 2 aromatic heterocycles. The van der Waals surface area contributed by atoms with E-state index < -0.39 is 18.4 Å². The van der Waals surface area contributed by atoms with Crippen LogP contribution in [0.3, 0.4) is 0 Å². The molecule has 0 spiro atoms. The van der Waals surface area contributed by atoms with Gasteiger partial charge in [-0.2, -0.15) is 0 Å². The number of benzene rings is 1. The van der Waals surface area contributed by atoms with E-state index in [0.29, 0.717) is 24.4 Å². The Bertz CT molecular complexity index is 1170. The molecule has 0 fully saturated rings. The summed E-state index contributed by atoms with van der Waals surface area (Å²) in [5.41, 5.74) is 3.00. The molecule has 3 N–H and O–H groups in total. The Hall–Kier alpha value is -3.40. The minimum Gasteiger partial charge on any atom is -0.480 e. The number of carboxylic acids is 1. The molecule has 198 valence electrons. The lowest BCUT2D eigenvalue weighted by molar-refractivity contribution is -0.138. The second kappa shape index (κ2) is 13.2. The normalized spacial score (nSPS) is 13.9. The predicted octanol–water partition coefficient (Wildman–Crippen LogP) is 4.62. The van der Waals surface area contributed by atoms with Gasteiger partial charge in [-0.25, -0.2) is 28.5 Å². The first-order chi connectivity index (χ1) is 18.0. The smallest absolute Gasteiger partial charge is 0.326 e. The minimum absolute atomic E-state index is 0.224. The molecule has 3 heterocycles. The summed E-state index contributed by atoms with van der Waals surface area (Å²) in [6.07, 6.45) is 3.71. The number of rotatable bonds is 14. The van der Waals surface area contributed by atoms with Gasteiger partial charge in [-0.05, 0) is 68.8 Å². The van der Waals surface area contributed by atoms with E-state index in [9.17, 15) is 18.7 Å². The highest BCUT2D eigenvalue weighted by Gasteiger charge is 2.21. The molecule has 37 heavy (non-hydrogen) atoms. The van der Waals surface area contributed by atoms with E-state index >= 15 is 0 Å². The van der Waals surface area contributed by atoms with Gasteiger partial charge in [-0.1, -0.05) is 18.2 Å². The van der Waals surface area contributed by atoms with Crippen LogP contribution in [0.25, 0.3) is 10.9 Å². The third-order valence-electron chi connectivity index (χ3n) is 6.66. The zero-order valence-electron chi connectivity index (χ0n) is 20.9. The van der Waals surface area contributed by atoms with Gasteiger partial charge < -0.3 is 20.6 Å². The van der Waals surface area contributed by atoms with Crippen molar-refractivity contribution in [2.75, 3.05) is 36.8 Å². The number of nitrogens with zero attached hydrogens (tertiary/aromatic N) is 4. The van der Waals surface area contributed by atoms with E-state index in [0.717, 1.165) is 55.5 Å². The summed E-state index contributed by atoms with van der Waals surface area (Å²) in [4.78, 5) is 27.1. The Morgan fingerprint density at radius 2 is 1.92 bits per heavy atom. The van der Waals surface area contributed by atoms with Crippen LogP contribution in [0.5, 0.6) is 0 Å². The fourth-order valence-corrected chi connectivity index (χ4v) is 4.62. The molecule has 1 unspecified atom stereocenters. The predicted molar refractivity (Wildman–Crippen MR) is 140 cm³/mol. The molecular weight excluding hydrogens is 478 g/mol. The molecular formula is C27H34F2N6O2. The molecule has 0 bridgehead atoms. The van der Waals surface area contributed by atoms with Crippen molar-refractivity contribution in [2.24, 2.45) is 0 Å². The molecule has 1 aromatic carbocycles. The first-order valence-electron chi connectivity index (χ1n) is 12.9. The van der Waals surface area contributed by atoms with Gasteiger partial charge in [-0.3, -0.25) is 0 Å². The van der Waals surface area contributed by atoms with Gasteiger partial charge in [0.15, 0.2) is 0 Å². The summed E-state index contributed by atoms with van der Waals surface area (Å²) in [7, 11) is 0. The van der Waals surface area contributed by atoms with Gasteiger partial charge in [0, 0.05) is 37.1 Å². The lowest BCUT2D eigenvalue weighted by atomic mass is 10.1. The van der Waals surface area contributed by atoms with Gasteiger partial charge >= 0.3 is 5.97 Å². The Morgan fingerprint density at radius 3 is 2.76 bits per heavy atom. The summed E-state index contributed by atoms with van der Waals surface area (Å²) >= 11 is 0. The standard InChI is InChI=1S/C27H34F2N6O2/c28-24(29)13-17-35(15-4-3-7-20-11-10-19-6-5-14-30-25(19)33-20)16-12-23(27(36)37)34-26-21-8-1-2-9-22(21)31-18-32-26/h1-2,8-11,18,23-24H,3-7,12-17H2,(H,30,33)(H,36,37)(H,31,32,34). The Morgan fingerprint density at radius 1 is 1.08 bits per heavy atom. The van der Waals surface area contributed by atoms with Crippen LogP contribution < -0.4 is 10.6 Å². The summed E-state index contributed by atoms with van der Waals surface area (Å²) < 4.78 is 25.9. The molecule has 1 atom stereocenters. The number of hydrogen-bond acceptors (Lipinski definition) is 7. The average molecular weight is 513 g/mol. The maximum Gasteiger partial charge on any atom is 0.326 e. The summed E-state index contributed by atoms with van der Waals surface area (Å²) in [6.45, 7) is 2.18. The third kappa shape index (κ3) is 7.79. The van der Waals surface area contributed by atoms with E-state index in [-0.39, 0.29) is 19.4 Å². The third-order valence-corrected chi connectivity index (χ3v) is 6.66. The number of fused-ring (bicyclic) bond motifs is 2. The van der Waals surface area contributed by atoms with Gasteiger partial charge in [0.1, 0.15) is 24.0 Å². The summed E-state index contributed by atoms with van der Waals surface area (Å²) in [5.74, 6) is 0.416. The molecule has 1 aliphatic heterocycles. The summed E-state index contributed by atoms with van der Waals surface area (Å²) in [5, 5.41) is 16.9. The van der Waals surface area contributed by atoms with Crippen molar-refractivity contribution in [1.29, 1.82) is 0 Å². The summed E-state index contributed by atoms with van der Waals surface area (Å²) in [6, 6.07) is 10.7. The molecule has 3 aromatic rings. The number of pyridine rings is 1. The number of nitrogens with one attached hydrogen (secondary N) is 2. The number of aromatic nitrogens is 3. The molecule has 0 saturated carbocycles. The van der Waals surface area contributed by atoms with Gasteiger partial charge in [-0.15, -0.1) is 0 Å². The van der Waals surface area contributed by atoms with E-state index in [2.05, 4.69) is 32.7 Å². The van der Waals surface area contributed by atoms with Crippen LogP contribution >= 0.6 is 0 Å². The van der Waals surface area contributed by atoms with E-state index in [1.165, 1.54) is 11.9 Å². The van der Waals surface area contributed by atoms with Crippen LogP contribution in [0.2, 0.25) is 0 Å². The van der Waals surface area contributed by atoms with Crippen LogP contribution in [-0.4, -0.2) is 69.6 Å². The second-order valence-corrected chi connectivity index (χ2v) is 9.38. The van der Waals surface area contributed by atoms with Gasteiger partial charge in [0.2, 0.25) is 6.43 Å². The first kappa shape index (κ1) is 26.7. The fourth-order valence-electron chi connectivity index (χ4n) is 4.62. The number of unbranched alkanes of at least 4 members (excludes halogenated alkanes) is 1. The van der Waals surface area contributed by atoms with Crippen molar-refractivity contribution in [3.63, 3.8) is 0 Å². The molecule has 4 rings (SSSR count). The number of hydrogen-bond donors (Lipinski definition) is 3. The van der Waals surface area contributed by atoms with E-state index in [4.69, 9.17) is 4.98 Å². The molecule has 8 nitrogen and oxygen atoms in total. The van der Waals surface area contributed by atoms with Crippen LogP contribution in [0.4, 0.5) is 20.4 Å². The lowest BCUT2D eigenvalue weighted by Crippen LogP contribution is -2.36. The Labute approximate surface area is 215 Å². The minimum atomic E-state index is -2.39. The molecule has 0 radical (unpaired) electrons. The largest absolute Gasteiger partial charge is 0.480 e.